The molecule has 0 heteroatoms. The molecule has 0 aliphatic carbocycles. The molecule has 1 rings (SSSR count). The highest BCUT2D eigenvalue weighted by Crippen LogP contribution is 2.26. The average molecular weight is 200 g/mol. The summed E-state index contributed by atoms with van der Waals surface area (Å²) in [6.45, 7) is 12.8. The smallest absolute Gasteiger partial charge is 0.0187 e. The van der Waals surface area contributed by atoms with E-state index in [0.717, 1.165) is 5.57 Å². The van der Waals surface area contributed by atoms with E-state index in [1.807, 2.05) is 0 Å². The first-order valence-electron chi connectivity index (χ1n) is 5.48. The molecule has 0 aromatic heterocycles. The summed E-state index contributed by atoms with van der Waals surface area (Å²) in [5.41, 5.74) is 4.99. The van der Waals surface area contributed by atoms with Crippen molar-refractivity contribution in [2.45, 2.75) is 27.7 Å². The molecule has 0 amide bonds. The molecule has 0 nitrogen and oxygen atoms in total. The van der Waals surface area contributed by atoms with E-state index in [0.29, 0.717) is 5.92 Å². The number of rotatable bonds is 3. The van der Waals surface area contributed by atoms with Gasteiger partial charge in [0.1, 0.15) is 0 Å². The van der Waals surface area contributed by atoms with Crippen LogP contribution in [-0.2, 0) is 0 Å². The first-order valence-corrected chi connectivity index (χ1v) is 5.48. The Morgan fingerprint density at radius 2 is 1.73 bits per heavy atom. The van der Waals surface area contributed by atoms with Gasteiger partial charge in [0.05, 0.1) is 0 Å². The molecule has 0 heterocycles. The van der Waals surface area contributed by atoms with Crippen molar-refractivity contribution in [3.63, 3.8) is 0 Å². The summed E-state index contributed by atoms with van der Waals surface area (Å²) in [4.78, 5) is 0. The Labute approximate surface area is 93.3 Å². The lowest BCUT2D eigenvalue weighted by molar-refractivity contribution is 0.795. The fourth-order valence-electron chi connectivity index (χ4n) is 1.78. The summed E-state index contributed by atoms with van der Waals surface area (Å²) in [5.74, 6) is 0.531. The molecule has 0 radical (unpaired) electrons. The van der Waals surface area contributed by atoms with Crippen LogP contribution in [0.3, 0.4) is 0 Å². The number of aryl methyl sites for hydroxylation is 1. The maximum absolute atomic E-state index is 4.18. The van der Waals surface area contributed by atoms with Crippen LogP contribution in [0.1, 0.15) is 31.9 Å². The second kappa shape index (κ2) is 4.97. The first-order chi connectivity index (χ1) is 7.06. The molecule has 0 bridgehead atoms. The minimum Gasteiger partial charge on any atom is -0.0909 e. The van der Waals surface area contributed by atoms with Crippen LogP contribution in [0.15, 0.2) is 42.5 Å². The molecule has 0 unspecified atom stereocenters. The van der Waals surface area contributed by atoms with Gasteiger partial charge in [0, 0.05) is 0 Å². The highest BCUT2D eigenvalue weighted by atomic mass is 14.1. The zero-order valence-electron chi connectivity index (χ0n) is 10.2. The third-order valence-corrected chi connectivity index (χ3v) is 2.68. The van der Waals surface area contributed by atoms with Crippen molar-refractivity contribution >= 4 is 5.57 Å². The highest BCUT2D eigenvalue weighted by molar-refractivity contribution is 5.77. The Kier molecular flexibility index (Phi) is 3.90. The number of allylic oxidation sites excluding steroid dienone is 3. The minimum atomic E-state index is 0.531. The van der Waals surface area contributed by atoms with Crippen molar-refractivity contribution in [1.82, 2.24) is 0 Å². The second-order valence-electron chi connectivity index (χ2n) is 4.24. The molecule has 0 atom stereocenters. The highest BCUT2D eigenvalue weighted by Gasteiger charge is 2.07. The molecule has 0 spiro atoms. The Hall–Kier alpha value is -1.30. The monoisotopic (exact) mass is 200 g/mol. The van der Waals surface area contributed by atoms with Crippen LogP contribution in [0.5, 0.6) is 0 Å². The lowest BCUT2D eigenvalue weighted by Crippen LogP contribution is -1.96. The van der Waals surface area contributed by atoms with Crippen molar-refractivity contribution < 1.29 is 0 Å². The van der Waals surface area contributed by atoms with Crippen LogP contribution in [-0.4, -0.2) is 0 Å². The van der Waals surface area contributed by atoms with Gasteiger partial charge in [-0.05, 0) is 36.5 Å². The lowest BCUT2D eigenvalue weighted by atomic mass is 9.91. The zero-order chi connectivity index (χ0) is 11.4. The van der Waals surface area contributed by atoms with Crippen molar-refractivity contribution in [1.29, 1.82) is 0 Å². The van der Waals surface area contributed by atoms with E-state index in [1.165, 1.54) is 16.7 Å². The molecule has 0 fully saturated rings. The summed E-state index contributed by atoms with van der Waals surface area (Å²) >= 11 is 0. The zero-order valence-corrected chi connectivity index (χ0v) is 10.2. The first kappa shape index (κ1) is 11.8. The third kappa shape index (κ3) is 2.82. The lowest BCUT2D eigenvalue weighted by Gasteiger charge is -2.14. The van der Waals surface area contributed by atoms with Crippen molar-refractivity contribution in [2.24, 2.45) is 5.92 Å². The van der Waals surface area contributed by atoms with Gasteiger partial charge in [0.2, 0.25) is 0 Å². The van der Waals surface area contributed by atoms with E-state index in [4.69, 9.17) is 0 Å². The standard InChI is InChI=1S/C15H20/c1-6-15(11(2)3)13(5)14-9-7-12(4)8-10-14/h6-11H,5H2,1-4H3. The number of hydrogen-bond acceptors (Lipinski definition) is 0. The number of hydrogen-bond donors (Lipinski definition) is 0. The molecule has 0 aliphatic heterocycles. The Bertz CT molecular complexity index is 364. The van der Waals surface area contributed by atoms with Gasteiger partial charge in [-0.15, -0.1) is 0 Å². The van der Waals surface area contributed by atoms with Gasteiger partial charge < -0.3 is 0 Å². The normalized spacial score (nSPS) is 11.9. The Morgan fingerprint density at radius 1 is 1.20 bits per heavy atom. The van der Waals surface area contributed by atoms with Crippen molar-refractivity contribution in [3.8, 4) is 0 Å². The molecule has 80 valence electrons. The van der Waals surface area contributed by atoms with Crippen LogP contribution in [0.2, 0.25) is 0 Å². The SMILES string of the molecule is C=C(C(=CC)C(C)C)c1ccc(C)cc1. The molecular formula is C15H20. The molecule has 1 aromatic rings. The number of benzene rings is 1. The fourth-order valence-corrected chi connectivity index (χ4v) is 1.78. The van der Waals surface area contributed by atoms with Gasteiger partial charge in [-0.25, -0.2) is 0 Å². The van der Waals surface area contributed by atoms with Crippen LogP contribution >= 0.6 is 0 Å². The second-order valence-corrected chi connectivity index (χ2v) is 4.24. The summed E-state index contributed by atoms with van der Waals surface area (Å²) in [6, 6.07) is 8.55. The van der Waals surface area contributed by atoms with Crippen LogP contribution in [0, 0.1) is 12.8 Å². The van der Waals surface area contributed by atoms with Crippen molar-refractivity contribution in [2.75, 3.05) is 0 Å². The predicted molar refractivity (Wildman–Crippen MR) is 68.8 cm³/mol. The summed E-state index contributed by atoms with van der Waals surface area (Å²) in [5, 5.41) is 0. The molecule has 15 heavy (non-hydrogen) atoms. The molecule has 0 aliphatic rings. The maximum atomic E-state index is 4.18. The quantitative estimate of drug-likeness (QED) is 0.625. The van der Waals surface area contributed by atoms with Gasteiger partial charge in [0.25, 0.3) is 0 Å². The molecular weight excluding hydrogens is 180 g/mol. The van der Waals surface area contributed by atoms with Gasteiger partial charge in [-0.3, -0.25) is 0 Å². The summed E-state index contributed by atoms with van der Waals surface area (Å²) < 4.78 is 0. The van der Waals surface area contributed by atoms with Crippen molar-refractivity contribution in [3.05, 3.63) is 53.6 Å². The minimum absolute atomic E-state index is 0.531. The molecule has 1 aromatic carbocycles. The van der Waals surface area contributed by atoms with Crippen LogP contribution in [0.25, 0.3) is 5.57 Å². The van der Waals surface area contributed by atoms with E-state index in [9.17, 15) is 0 Å². The molecule has 0 N–H and O–H groups in total. The van der Waals surface area contributed by atoms with Gasteiger partial charge in [0.15, 0.2) is 0 Å². The summed E-state index contributed by atoms with van der Waals surface area (Å²) in [7, 11) is 0. The molecule has 0 saturated heterocycles. The van der Waals surface area contributed by atoms with E-state index >= 15 is 0 Å². The van der Waals surface area contributed by atoms with E-state index in [1.54, 1.807) is 0 Å². The van der Waals surface area contributed by atoms with Crippen LogP contribution < -0.4 is 0 Å². The average Bonchev–Trinajstić information content (AvgIpc) is 2.19. The van der Waals surface area contributed by atoms with Gasteiger partial charge >= 0.3 is 0 Å². The Balaban J connectivity index is 2.99. The summed E-state index contributed by atoms with van der Waals surface area (Å²) in [6.07, 6.45) is 2.16. The Morgan fingerprint density at radius 3 is 2.13 bits per heavy atom. The molecule has 0 saturated carbocycles. The predicted octanol–water partition coefficient (Wildman–Crippen LogP) is 4.61. The van der Waals surface area contributed by atoms with E-state index < -0.39 is 0 Å². The third-order valence-electron chi connectivity index (χ3n) is 2.68. The van der Waals surface area contributed by atoms with Crippen LogP contribution in [0.4, 0.5) is 0 Å². The van der Waals surface area contributed by atoms with Gasteiger partial charge in [-0.1, -0.05) is 56.3 Å². The van der Waals surface area contributed by atoms with Gasteiger partial charge in [-0.2, -0.15) is 0 Å². The van der Waals surface area contributed by atoms with E-state index in [2.05, 4.69) is 64.6 Å². The van der Waals surface area contributed by atoms with E-state index in [-0.39, 0.29) is 0 Å². The maximum Gasteiger partial charge on any atom is -0.0187 e. The largest absolute Gasteiger partial charge is 0.0909 e. The fraction of sp³-hybridized carbons (Fsp3) is 0.333. The topological polar surface area (TPSA) is 0 Å².